The van der Waals surface area contributed by atoms with Crippen molar-refractivity contribution in [3.8, 4) is 11.8 Å². The molecule has 0 fully saturated rings. The van der Waals surface area contributed by atoms with E-state index in [-0.39, 0.29) is 12.5 Å². The van der Waals surface area contributed by atoms with Crippen molar-refractivity contribution < 1.29 is 9.13 Å². The summed E-state index contributed by atoms with van der Waals surface area (Å²) in [4.78, 5) is 0. The first-order valence-corrected chi connectivity index (χ1v) is 6.71. The smallest absolute Gasteiger partial charge is 0.142 e. The van der Waals surface area contributed by atoms with Gasteiger partial charge in [-0.1, -0.05) is 23.7 Å². The summed E-state index contributed by atoms with van der Waals surface area (Å²) in [6.07, 6.45) is 0. The number of halogens is 3. The maximum atomic E-state index is 13.6. The van der Waals surface area contributed by atoms with Gasteiger partial charge in [0.25, 0.3) is 0 Å². The second-order valence-electron chi connectivity index (χ2n) is 4.07. The Labute approximate surface area is 126 Å². The molecule has 102 valence electrons. The van der Waals surface area contributed by atoms with Crippen LogP contribution in [0.25, 0.3) is 0 Å². The van der Waals surface area contributed by atoms with Crippen LogP contribution in [-0.4, -0.2) is 0 Å². The summed E-state index contributed by atoms with van der Waals surface area (Å²) in [5.74, 6) is 0.255. The summed E-state index contributed by atoms with van der Waals surface area (Å²) >= 11 is 11.9. The van der Waals surface area contributed by atoms with Crippen molar-refractivity contribution >= 4 is 23.2 Å². The summed E-state index contributed by atoms with van der Waals surface area (Å²) in [6, 6.07) is 11.3. The Morgan fingerprint density at radius 1 is 1.20 bits per heavy atom. The molecular weight excluding hydrogens is 300 g/mol. The SMILES string of the molecule is N#Cc1ccc(F)c(COc2c(Cl)cccc2CCl)c1. The Hall–Kier alpha value is -1.76. The fraction of sp³-hybridized carbons (Fsp3) is 0.133. The fourth-order valence-corrected chi connectivity index (χ4v) is 2.18. The predicted octanol–water partition coefficient (Wildman–Crippen LogP) is 4.67. The van der Waals surface area contributed by atoms with Gasteiger partial charge in [-0.2, -0.15) is 5.26 Å². The number of ether oxygens (including phenoxy) is 1. The number of alkyl halides is 1. The molecule has 0 amide bonds. The lowest BCUT2D eigenvalue weighted by molar-refractivity contribution is 0.297. The zero-order chi connectivity index (χ0) is 14.5. The summed E-state index contributed by atoms with van der Waals surface area (Å²) in [5, 5.41) is 9.23. The molecule has 0 bridgehead atoms. The van der Waals surface area contributed by atoms with E-state index in [1.54, 1.807) is 18.2 Å². The molecule has 2 nitrogen and oxygen atoms in total. The van der Waals surface area contributed by atoms with E-state index in [1.165, 1.54) is 18.2 Å². The first-order chi connectivity index (χ1) is 9.65. The van der Waals surface area contributed by atoms with Crippen LogP contribution in [0.1, 0.15) is 16.7 Å². The molecule has 0 aliphatic heterocycles. The highest BCUT2D eigenvalue weighted by atomic mass is 35.5. The average Bonchev–Trinajstić information content (AvgIpc) is 2.47. The van der Waals surface area contributed by atoms with Crippen LogP contribution in [0.15, 0.2) is 36.4 Å². The highest BCUT2D eigenvalue weighted by Crippen LogP contribution is 2.30. The molecule has 2 aromatic carbocycles. The van der Waals surface area contributed by atoms with Gasteiger partial charge in [0.2, 0.25) is 0 Å². The molecule has 0 aliphatic rings. The summed E-state index contributed by atoms with van der Waals surface area (Å²) in [5.41, 5.74) is 1.40. The van der Waals surface area contributed by atoms with E-state index in [9.17, 15) is 4.39 Å². The maximum absolute atomic E-state index is 13.6. The Kier molecular flexibility index (Phi) is 4.84. The van der Waals surface area contributed by atoms with Crippen molar-refractivity contribution in [1.82, 2.24) is 0 Å². The molecule has 0 N–H and O–H groups in total. The van der Waals surface area contributed by atoms with Gasteiger partial charge >= 0.3 is 0 Å². The Morgan fingerprint density at radius 2 is 2.00 bits per heavy atom. The molecule has 5 heteroatoms. The first-order valence-electron chi connectivity index (χ1n) is 5.80. The number of rotatable bonds is 4. The lowest BCUT2D eigenvalue weighted by Crippen LogP contribution is -2.01. The standard InChI is InChI=1S/C15H10Cl2FNO/c16-7-11-2-1-3-13(17)15(11)20-9-12-6-10(8-19)4-5-14(12)18/h1-6H,7,9H2. The van der Waals surface area contributed by atoms with E-state index in [0.717, 1.165) is 5.56 Å². The van der Waals surface area contributed by atoms with Crippen molar-refractivity contribution in [2.24, 2.45) is 0 Å². The van der Waals surface area contributed by atoms with Gasteiger partial charge in [0.05, 0.1) is 22.5 Å². The lowest BCUT2D eigenvalue weighted by atomic mass is 10.1. The molecular formula is C15H10Cl2FNO. The van der Waals surface area contributed by atoms with Crippen LogP contribution in [0.3, 0.4) is 0 Å². The largest absolute Gasteiger partial charge is 0.487 e. The van der Waals surface area contributed by atoms with Gasteiger partial charge in [0, 0.05) is 11.1 Å². The monoisotopic (exact) mass is 309 g/mol. The van der Waals surface area contributed by atoms with Crippen molar-refractivity contribution in [3.63, 3.8) is 0 Å². The van der Waals surface area contributed by atoms with Crippen molar-refractivity contribution in [2.45, 2.75) is 12.5 Å². The Balaban J connectivity index is 2.23. The molecule has 2 rings (SSSR count). The minimum absolute atomic E-state index is 0.0189. The molecule has 0 atom stereocenters. The second-order valence-corrected chi connectivity index (χ2v) is 4.74. The van der Waals surface area contributed by atoms with E-state index < -0.39 is 5.82 Å². The quantitative estimate of drug-likeness (QED) is 0.769. The highest BCUT2D eigenvalue weighted by molar-refractivity contribution is 6.32. The van der Waals surface area contributed by atoms with E-state index in [2.05, 4.69) is 0 Å². The minimum atomic E-state index is -0.427. The number of benzene rings is 2. The van der Waals surface area contributed by atoms with Crippen molar-refractivity contribution in [1.29, 1.82) is 5.26 Å². The van der Waals surface area contributed by atoms with E-state index in [0.29, 0.717) is 21.9 Å². The van der Waals surface area contributed by atoms with Gasteiger partial charge in [-0.15, -0.1) is 11.6 Å². The molecule has 0 aliphatic carbocycles. The summed E-state index contributed by atoms with van der Waals surface area (Å²) < 4.78 is 19.2. The number of para-hydroxylation sites is 1. The van der Waals surface area contributed by atoms with Gasteiger partial charge in [-0.3, -0.25) is 0 Å². The van der Waals surface area contributed by atoms with Crippen LogP contribution < -0.4 is 4.74 Å². The Bertz CT molecular complexity index is 667. The van der Waals surface area contributed by atoms with E-state index >= 15 is 0 Å². The number of nitrogens with zero attached hydrogens (tertiary/aromatic N) is 1. The summed E-state index contributed by atoms with van der Waals surface area (Å²) in [6.45, 7) is -0.0189. The topological polar surface area (TPSA) is 33.0 Å². The third kappa shape index (κ3) is 3.22. The lowest BCUT2D eigenvalue weighted by Gasteiger charge is -2.12. The van der Waals surface area contributed by atoms with Crippen LogP contribution in [0.2, 0.25) is 5.02 Å². The third-order valence-electron chi connectivity index (χ3n) is 2.74. The maximum Gasteiger partial charge on any atom is 0.142 e. The predicted molar refractivity (Wildman–Crippen MR) is 76.5 cm³/mol. The normalized spacial score (nSPS) is 10.1. The van der Waals surface area contributed by atoms with Gasteiger partial charge in [-0.05, 0) is 24.3 Å². The zero-order valence-corrected chi connectivity index (χ0v) is 11.9. The number of nitriles is 1. The average molecular weight is 310 g/mol. The van der Waals surface area contributed by atoms with Crippen LogP contribution in [0.4, 0.5) is 4.39 Å². The zero-order valence-electron chi connectivity index (χ0n) is 10.4. The van der Waals surface area contributed by atoms with Crippen molar-refractivity contribution in [2.75, 3.05) is 0 Å². The minimum Gasteiger partial charge on any atom is -0.487 e. The molecule has 2 aromatic rings. The molecule has 0 spiro atoms. The van der Waals surface area contributed by atoms with Gasteiger partial charge in [0.1, 0.15) is 18.2 Å². The van der Waals surface area contributed by atoms with E-state index in [1.807, 2.05) is 6.07 Å². The highest BCUT2D eigenvalue weighted by Gasteiger charge is 2.10. The van der Waals surface area contributed by atoms with Gasteiger partial charge in [0.15, 0.2) is 0 Å². The molecule has 0 unspecified atom stereocenters. The summed E-state index contributed by atoms with van der Waals surface area (Å²) in [7, 11) is 0. The van der Waals surface area contributed by atoms with Crippen LogP contribution in [-0.2, 0) is 12.5 Å². The van der Waals surface area contributed by atoms with Crippen molar-refractivity contribution in [3.05, 3.63) is 63.9 Å². The van der Waals surface area contributed by atoms with Crippen LogP contribution in [0.5, 0.6) is 5.75 Å². The molecule has 0 aromatic heterocycles. The molecule has 0 saturated heterocycles. The Morgan fingerprint density at radius 3 is 2.70 bits per heavy atom. The van der Waals surface area contributed by atoms with Gasteiger partial charge in [-0.25, -0.2) is 4.39 Å². The first kappa shape index (κ1) is 14.6. The van der Waals surface area contributed by atoms with E-state index in [4.69, 9.17) is 33.2 Å². The third-order valence-corrected chi connectivity index (χ3v) is 3.32. The number of hydrogen-bond donors (Lipinski definition) is 0. The fourth-order valence-electron chi connectivity index (χ4n) is 1.73. The molecule has 0 saturated carbocycles. The van der Waals surface area contributed by atoms with Crippen LogP contribution in [0, 0.1) is 17.1 Å². The van der Waals surface area contributed by atoms with Gasteiger partial charge < -0.3 is 4.74 Å². The molecule has 0 radical (unpaired) electrons. The molecule has 20 heavy (non-hydrogen) atoms. The molecule has 0 heterocycles. The number of hydrogen-bond acceptors (Lipinski definition) is 2. The second kappa shape index (κ2) is 6.60. The van der Waals surface area contributed by atoms with Crippen LogP contribution >= 0.6 is 23.2 Å².